The summed E-state index contributed by atoms with van der Waals surface area (Å²) in [6.45, 7) is 1.26. The van der Waals surface area contributed by atoms with Crippen molar-refractivity contribution in [2.75, 3.05) is 25.1 Å². The number of halogens is 1. The summed E-state index contributed by atoms with van der Waals surface area (Å²) < 4.78 is 23.0. The Morgan fingerprint density at radius 3 is 2.76 bits per heavy atom. The Hall–Kier alpha value is -3.12. The van der Waals surface area contributed by atoms with Crippen molar-refractivity contribution in [3.63, 3.8) is 0 Å². The Morgan fingerprint density at radius 1 is 1.36 bits per heavy atom. The Kier molecular flexibility index (Phi) is 5.28. The highest BCUT2D eigenvalue weighted by Gasteiger charge is 2.46. The molecule has 0 bridgehead atoms. The van der Waals surface area contributed by atoms with Gasteiger partial charge in [-0.3, -0.25) is 4.79 Å². The minimum absolute atomic E-state index is 0.0215. The molecule has 0 spiro atoms. The molecule has 2 heterocycles. The number of anilines is 1. The number of nitrogens with two attached hydrogens (primary N) is 1. The first-order chi connectivity index (χ1) is 15.8. The number of ether oxygens (including phenoxy) is 1. The molecule has 4 atom stereocenters. The predicted molar refractivity (Wildman–Crippen MR) is 120 cm³/mol. The van der Waals surface area contributed by atoms with Gasteiger partial charge in [-0.05, 0) is 49.5 Å². The SMILES string of the molecule is COc1c(N2CC3CCC(C(N)CC#N)C3C2)c(F)cc2c(=O)c(C(=O)O)cn(C3CC3)c12. The molecule has 5 rings (SSSR count). The van der Waals surface area contributed by atoms with Gasteiger partial charge in [0.15, 0.2) is 11.6 Å². The quantitative estimate of drug-likeness (QED) is 0.688. The highest BCUT2D eigenvalue weighted by Crippen LogP contribution is 2.49. The molecule has 2 aromatic rings. The van der Waals surface area contributed by atoms with E-state index >= 15 is 4.39 Å². The van der Waals surface area contributed by atoms with Crippen molar-refractivity contribution < 1.29 is 19.0 Å². The zero-order chi connectivity index (χ0) is 23.4. The average Bonchev–Trinajstić information content (AvgIpc) is 3.42. The van der Waals surface area contributed by atoms with Gasteiger partial charge in [-0.1, -0.05) is 0 Å². The van der Waals surface area contributed by atoms with Crippen LogP contribution in [0.5, 0.6) is 5.75 Å². The molecule has 0 amide bonds. The van der Waals surface area contributed by atoms with Crippen molar-refractivity contribution in [2.24, 2.45) is 23.5 Å². The van der Waals surface area contributed by atoms with E-state index in [1.54, 1.807) is 4.57 Å². The first-order valence-corrected chi connectivity index (χ1v) is 11.4. The first kappa shape index (κ1) is 21.7. The van der Waals surface area contributed by atoms with Gasteiger partial charge in [0.2, 0.25) is 5.43 Å². The summed E-state index contributed by atoms with van der Waals surface area (Å²) >= 11 is 0. The Balaban J connectivity index is 1.62. The minimum Gasteiger partial charge on any atom is -0.492 e. The number of nitriles is 1. The number of carbonyl (C=O) groups is 1. The van der Waals surface area contributed by atoms with Crippen molar-refractivity contribution in [3.8, 4) is 11.8 Å². The molecular formula is C24H27FN4O4. The number of hydrogen-bond donors (Lipinski definition) is 2. The molecule has 1 aromatic carbocycles. The second-order valence-electron chi connectivity index (χ2n) is 9.55. The van der Waals surface area contributed by atoms with Crippen LogP contribution in [0.15, 0.2) is 17.1 Å². The number of methoxy groups -OCH3 is 1. The third-order valence-electron chi connectivity index (χ3n) is 7.68. The van der Waals surface area contributed by atoms with Crippen LogP contribution in [-0.4, -0.2) is 41.9 Å². The fraction of sp³-hybridized carbons (Fsp3) is 0.542. The zero-order valence-electron chi connectivity index (χ0n) is 18.5. The van der Waals surface area contributed by atoms with Crippen molar-refractivity contribution in [1.82, 2.24) is 4.57 Å². The van der Waals surface area contributed by atoms with Crippen LogP contribution in [0, 0.1) is 34.9 Å². The smallest absolute Gasteiger partial charge is 0.341 e. The number of pyridine rings is 1. The van der Waals surface area contributed by atoms with Crippen LogP contribution in [0.1, 0.15) is 48.5 Å². The zero-order valence-corrected chi connectivity index (χ0v) is 18.5. The van der Waals surface area contributed by atoms with Gasteiger partial charge in [0, 0.05) is 31.4 Å². The number of aromatic nitrogens is 1. The summed E-state index contributed by atoms with van der Waals surface area (Å²) in [5.41, 5.74) is 5.96. The third kappa shape index (κ3) is 3.44. The van der Waals surface area contributed by atoms with Crippen LogP contribution in [0.3, 0.4) is 0 Å². The molecular weight excluding hydrogens is 427 g/mol. The summed E-state index contributed by atoms with van der Waals surface area (Å²) in [6.07, 6.45) is 5.35. The molecule has 1 aliphatic heterocycles. The fourth-order valence-electron chi connectivity index (χ4n) is 6.00. The molecule has 33 heavy (non-hydrogen) atoms. The Labute approximate surface area is 190 Å². The van der Waals surface area contributed by atoms with E-state index in [1.165, 1.54) is 13.3 Å². The van der Waals surface area contributed by atoms with Crippen molar-refractivity contribution in [2.45, 2.75) is 44.2 Å². The Bertz CT molecular complexity index is 1230. The fourth-order valence-corrected chi connectivity index (χ4v) is 6.00. The molecule has 2 saturated carbocycles. The number of aromatic carboxylic acids is 1. The van der Waals surface area contributed by atoms with E-state index in [0.717, 1.165) is 31.7 Å². The minimum atomic E-state index is -1.33. The summed E-state index contributed by atoms with van der Waals surface area (Å²) in [5, 5.41) is 18.6. The number of carboxylic acids is 1. The van der Waals surface area contributed by atoms with Crippen molar-refractivity contribution in [3.05, 3.63) is 33.9 Å². The van der Waals surface area contributed by atoms with Crippen LogP contribution in [0.2, 0.25) is 0 Å². The van der Waals surface area contributed by atoms with Crippen molar-refractivity contribution in [1.29, 1.82) is 5.26 Å². The van der Waals surface area contributed by atoms with E-state index in [2.05, 4.69) is 6.07 Å². The second kappa shape index (κ2) is 8.03. The van der Waals surface area contributed by atoms with Gasteiger partial charge >= 0.3 is 5.97 Å². The Morgan fingerprint density at radius 2 is 2.12 bits per heavy atom. The predicted octanol–water partition coefficient (Wildman–Crippen LogP) is 2.89. The molecule has 1 saturated heterocycles. The van der Waals surface area contributed by atoms with Crippen LogP contribution >= 0.6 is 0 Å². The second-order valence-corrected chi connectivity index (χ2v) is 9.55. The highest BCUT2D eigenvalue weighted by atomic mass is 19.1. The number of carboxylic acid groups (broad SMARTS) is 1. The number of nitrogens with zero attached hydrogens (tertiary/aromatic N) is 3. The van der Waals surface area contributed by atoms with Gasteiger partial charge < -0.3 is 25.0 Å². The van der Waals surface area contributed by atoms with E-state index < -0.39 is 17.2 Å². The maximum Gasteiger partial charge on any atom is 0.341 e. The molecule has 0 radical (unpaired) electrons. The first-order valence-electron chi connectivity index (χ1n) is 11.4. The molecule has 1 aromatic heterocycles. The van der Waals surface area contributed by atoms with Gasteiger partial charge in [-0.25, -0.2) is 9.18 Å². The van der Waals surface area contributed by atoms with E-state index in [0.29, 0.717) is 36.6 Å². The van der Waals surface area contributed by atoms with Gasteiger partial charge in [-0.15, -0.1) is 0 Å². The van der Waals surface area contributed by atoms with E-state index in [-0.39, 0.29) is 40.6 Å². The van der Waals surface area contributed by atoms with Gasteiger partial charge in [-0.2, -0.15) is 5.26 Å². The molecule has 3 N–H and O–H groups in total. The van der Waals surface area contributed by atoms with E-state index in [9.17, 15) is 14.7 Å². The maximum absolute atomic E-state index is 15.5. The van der Waals surface area contributed by atoms with Gasteiger partial charge in [0.1, 0.15) is 11.3 Å². The summed E-state index contributed by atoms with van der Waals surface area (Å²) in [4.78, 5) is 26.5. The monoisotopic (exact) mass is 454 g/mol. The largest absolute Gasteiger partial charge is 0.492 e. The molecule has 3 fully saturated rings. The lowest BCUT2D eigenvalue weighted by atomic mass is 9.86. The number of benzene rings is 1. The third-order valence-corrected chi connectivity index (χ3v) is 7.68. The van der Waals surface area contributed by atoms with Crippen LogP contribution in [0.25, 0.3) is 10.9 Å². The average molecular weight is 455 g/mol. The molecule has 2 aliphatic carbocycles. The highest BCUT2D eigenvalue weighted by molar-refractivity contribution is 5.97. The topological polar surface area (TPSA) is 122 Å². The number of hydrogen-bond acceptors (Lipinski definition) is 6. The van der Waals surface area contributed by atoms with Gasteiger partial charge in [0.05, 0.1) is 30.5 Å². The molecule has 174 valence electrons. The number of rotatable bonds is 6. The molecule has 8 nitrogen and oxygen atoms in total. The lowest BCUT2D eigenvalue weighted by molar-refractivity contribution is 0.0694. The van der Waals surface area contributed by atoms with Gasteiger partial charge in [0.25, 0.3) is 0 Å². The molecule has 3 aliphatic rings. The van der Waals surface area contributed by atoms with Crippen molar-refractivity contribution >= 4 is 22.6 Å². The summed E-state index contributed by atoms with van der Waals surface area (Å²) in [6, 6.07) is 3.19. The molecule has 9 heteroatoms. The molecule has 4 unspecified atom stereocenters. The lowest BCUT2D eigenvalue weighted by Crippen LogP contribution is -2.35. The van der Waals surface area contributed by atoms with Crippen LogP contribution in [0.4, 0.5) is 10.1 Å². The summed E-state index contributed by atoms with van der Waals surface area (Å²) in [7, 11) is 1.45. The number of fused-ring (bicyclic) bond motifs is 2. The standard InChI is InChI=1S/C24H27FN4O4/c1-33-23-20-15(22(30)17(24(31)32)11-29(20)13-3-4-13)8-18(25)21(23)28-9-12-2-5-14(16(12)10-28)19(27)6-7-26/h8,11-14,16,19H,2-6,9-10,27H2,1H3,(H,31,32). The van der Waals surface area contributed by atoms with E-state index in [1.807, 2.05) is 4.90 Å². The van der Waals surface area contributed by atoms with E-state index in [4.69, 9.17) is 15.7 Å². The van der Waals surface area contributed by atoms with Crippen LogP contribution in [-0.2, 0) is 0 Å². The van der Waals surface area contributed by atoms with Crippen LogP contribution < -0.4 is 20.8 Å². The normalized spacial score (nSPS) is 25.2. The maximum atomic E-state index is 15.5. The lowest BCUT2D eigenvalue weighted by Gasteiger charge is -2.27. The summed E-state index contributed by atoms with van der Waals surface area (Å²) in [5.74, 6) is -0.806.